The first-order chi connectivity index (χ1) is 11.7. The van der Waals surface area contributed by atoms with Gasteiger partial charge >= 0.3 is 0 Å². The molecule has 0 radical (unpaired) electrons. The Kier molecular flexibility index (Phi) is 7.02. The number of rotatable bonds is 8. The van der Waals surface area contributed by atoms with Crippen molar-refractivity contribution in [3.63, 3.8) is 0 Å². The third-order valence-electron chi connectivity index (χ3n) is 3.61. The summed E-state index contributed by atoms with van der Waals surface area (Å²) in [5.41, 5.74) is 5.08. The van der Waals surface area contributed by atoms with Crippen LogP contribution in [0.2, 0.25) is 0 Å². The molecule has 0 unspecified atom stereocenters. The normalized spacial score (nSPS) is 11.2. The van der Waals surface area contributed by atoms with Crippen LogP contribution in [0, 0.1) is 0 Å². The zero-order valence-corrected chi connectivity index (χ0v) is 14.3. The molecule has 24 heavy (non-hydrogen) atoms. The van der Waals surface area contributed by atoms with Crippen LogP contribution >= 0.6 is 0 Å². The standard InChI is InChI=1S/C20H24N2O2/c1-3-4-10-16(2)21-22-20(23)18-13-8-9-14-19(18)24-15-17-11-6-5-7-12-17/h5-9,11-14H,3-4,10,15H2,1-2H3,(H,22,23)/b21-16-. The van der Waals surface area contributed by atoms with E-state index in [2.05, 4.69) is 17.5 Å². The second kappa shape index (κ2) is 9.50. The molecule has 0 bridgehead atoms. The topological polar surface area (TPSA) is 50.7 Å². The van der Waals surface area contributed by atoms with Crippen LogP contribution in [0.4, 0.5) is 0 Å². The van der Waals surface area contributed by atoms with Gasteiger partial charge in [-0.3, -0.25) is 4.79 Å². The fraction of sp³-hybridized carbons (Fsp3) is 0.300. The number of hydrazone groups is 1. The summed E-state index contributed by atoms with van der Waals surface area (Å²) in [5, 5.41) is 4.16. The highest BCUT2D eigenvalue weighted by Crippen LogP contribution is 2.19. The summed E-state index contributed by atoms with van der Waals surface area (Å²) in [6.07, 6.45) is 3.07. The number of nitrogens with zero attached hydrogens (tertiary/aromatic N) is 1. The molecule has 0 aromatic heterocycles. The lowest BCUT2D eigenvalue weighted by Gasteiger charge is -2.10. The smallest absolute Gasteiger partial charge is 0.275 e. The summed E-state index contributed by atoms with van der Waals surface area (Å²) in [6.45, 7) is 4.48. The van der Waals surface area contributed by atoms with Gasteiger partial charge in [0.05, 0.1) is 5.56 Å². The molecule has 4 nitrogen and oxygen atoms in total. The molecule has 0 spiro atoms. The van der Waals surface area contributed by atoms with Crippen molar-refractivity contribution >= 4 is 11.6 Å². The van der Waals surface area contributed by atoms with Crippen molar-refractivity contribution in [3.8, 4) is 5.75 Å². The molecule has 1 N–H and O–H groups in total. The first kappa shape index (κ1) is 17.7. The van der Waals surface area contributed by atoms with Gasteiger partial charge in [-0.15, -0.1) is 0 Å². The first-order valence-electron chi connectivity index (χ1n) is 8.30. The highest BCUT2D eigenvalue weighted by molar-refractivity contribution is 5.97. The van der Waals surface area contributed by atoms with E-state index in [1.807, 2.05) is 49.4 Å². The Morgan fingerprint density at radius 3 is 2.54 bits per heavy atom. The average molecular weight is 324 g/mol. The van der Waals surface area contributed by atoms with Gasteiger partial charge in [-0.25, -0.2) is 5.43 Å². The number of benzene rings is 2. The fourth-order valence-electron chi connectivity index (χ4n) is 2.21. The van der Waals surface area contributed by atoms with Crippen molar-refractivity contribution in [3.05, 3.63) is 65.7 Å². The Balaban J connectivity index is 2.01. The van der Waals surface area contributed by atoms with Crippen LogP contribution in [0.25, 0.3) is 0 Å². The van der Waals surface area contributed by atoms with E-state index in [0.29, 0.717) is 17.9 Å². The van der Waals surface area contributed by atoms with E-state index < -0.39 is 0 Å². The van der Waals surface area contributed by atoms with Crippen LogP contribution in [0.5, 0.6) is 5.75 Å². The van der Waals surface area contributed by atoms with Crippen molar-refractivity contribution in [2.75, 3.05) is 0 Å². The molecule has 4 heteroatoms. The monoisotopic (exact) mass is 324 g/mol. The molecule has 2 aromatic rings. The summed E-state index contributed by atoms with van der Waals surface area (Å²) in [5.74, 6) is 0.301. The van der Waals surface area contributed by atoms with Crippen molar-refractivity contribution in [1.29, 1.82) is 0 Å². The third-order valence-corrected chi connectivity index (χ3v) is 3.61. The van der Waals surface area contributed by atoms with E-state index in [0.717, 1.165) is 30.5 Å². The van der Waals surface area contributed by atoms with Gasteiger partial charge in [0.1, 0.15) is 12.4 Å². The lowest BCUT2D eigenvalue weighted by atomic mass is 10.2. The van der Waals surface area contributed by atoms with E-state index in [-0.39, 0.29) is 5.91 Å². The molecule has 0 saturated heterocycles. The van der Waals surface area contributed by atoms with Gasteiger partial charge in [0, 0.05) is 5.71 Å². The summed E-state index contributed by atoms with van der Waals surface area (Å²) in [4.78, 5) is 12.4. The van der Waals surface area contributed by atoms with Crippen molar-refractivity contribution in [1.82, 2.24) is 5.43 Å². The number of para-hydroxylation sites is 1. The molecule has 2 rings (SSSR count). The van der Waals surface area contributed by atoms with Gasteiger partial charge in [-0.2, -0.15) is 5.10 Å². The van der Waals surface area contributed by atoms with Crippen LogP contribution < -0.4 is 10.2 Å². The number of unbranched alkanes of at least 4 members (excludes halogenated alkanes) is 1. The maximum absolute atomic E-state index is 12.4. The fourth-order valence-corrected chi connectivity index (χ4v) is 2.21. The first-order valence-corrected chi connectivity index (χ1v) is 8.30. The van der Waals surface area contributed by atoms with Gasteiger partial charge in [-0.1, -0.05) is 55.8 Å². The number of carbonyl (C=O) groups excluding carboxylic acids is 1. The highest BCUT2D eigenvalue weighted by Gasteiger charge is 2.11. The number of carbonyl (C=O) groups is 1. The maximum atomic E-state index is 12.4. The van der Waals surface area contributed by atoms with Crippen molar-refractivity contribution in [2.24, 2.45) is 5.10 Å². The lowest BCUT2D eigenvalue weighted by molar-refractivity contribution is 0.0950. The largest absolute Gasteiger partial charge is 0.488 e. The molecule has 0 heterocycles. The van der Waals surface area contributed by atoms with Gasteiger partial charge in [0.2, 0.25) is 0 Å². The van der Waals surface area contributed by atoms with Crippen molar-refractivity contribution in [2.45, 2.75) is 39.7 Å². The molecule has 0 atom stereocenters. The number of hydrogen-bond donors (Lipinski definition) is 1. The number of amides is 1. The highest BCUT2D eigenvalue weighted by atomic mass is 16.5. The van der Waals surface area contributed by atoms with Crippen LogP contribution in [-0.4, -0.2) is 11.6 Å². The summed E-state index contributed by atoms with van der Waals surface area (Å²) >= 11 is 0. The molecule has 126 valence electrons. The van der Waals surface area contributed by atoms with Crippen LogP contribution in [0.3, 0.4) is 0 Å². The molecule has 0 aliphatic heterocycles. The Morgan fingerprint density at radius 2 is 1.79 bits per heavy atom. The molecule has 0 saturated carbocycles. The molecular weight excluding hydrogens is 300 g/mol. The predicted octanol–water partition coefficient (Wildman–Crippen LogP) is 4.56. The Morgan fingerprint density at radius 1 is 1.08 bits per heavy atom. The average Bonchev–Trinajstić information content (AvgIpc) is 2.63. The van der Waals surface area contributed by atoms with E-state index in [9.17, 15) is 4.79 Å². The Hall–Kier alpha value is -2.62. The van der Waals surface area contributed by atoms with E-state index in [4.69, 9.17) is 4.74 Å². The number of ether oxygens (including phenoxy) is 1. The van der Waals surface area contributed by atoms with E-state index in [1.54, 1.807) is 12.1 Å². The second-order valence-corrected chi connectivity index (χ2v) is 5.66. The van der Waals surface area contributed by atoms with Gasteiger partial charge in [0.15, 0.2) is 0 Å². The Bertz CT molecular complexity index is 681. The SMILES string of the molecule is CCCC/C(C)=N\NC(=O)c1ccccc1OCc1ccccc1. The minimum atomic E-state index is -0.255. The molecular formula is C20H24N2O2. The maximum Gasteiger partial charge on any atom is 0.275 e. The predicted molar refractivity (Wildman–Crippen MR) is 97.3 cm³/mol. The van der Waals surface area contributed by atoms with Crippen molar-refractivity contribution < 1.29 is 9.53 Å². The Labute approximate surface area is 143 Å². The van der Waals surface area contributed by atoms with Crippen LogP contribution in [-0.2, 0) is 6.61 Å². The van der Waals surface area contributed by atoms with Gasteiger partial charge in [0.25, 0.3) is 5.91 Å². The third kappa shape index (κ3) is 5.54. The minimum absolute atomic E-state index is 0.255. The number of hydrogen-bond acceptors (Lipinski definition) is 3. The number of nitrogens with one attached hydrogen (secondary N) is 1. The van der Waals surface area contributed by atoms with E-state index >= 15 is 0 Å². The second-order valence-electron chi connectivity index (χ2n) is 5.66. The van der Waals surface area contributed by atoms with Crippen LogP contribution in [0.15, 0.2) is 59.7 Å². The van der Waals surface area contributed by atoms with E-state index in [1.165, 1.54) is 0 Å². The zero-order chi connectivity index (χ0) is 17.2. The quantitative estimate of drug-likeness (QED) is 0.571. The van der Waals surface area contributed by atoms with Gasteiger partial charge in [-0.05, 0) is 37.5 Å². The lowest BCUT2D eigenvalue weighted by Crippen LogP contribution is -2.20. The molecule has 2 aromatic carbocycles. The van der Waals surface area contributed by atoms with Gasteiger partial charge < -0.3 is 4.74 Å². The summed E-state index contributed by atoms with van der Waals surface area (Å²) in [6, 6.07) is 17.1. The molecule has 0 aliphatic rings. The molecule has 0 aliphatic carbocycles. The molecule has 1 amide bonds. The summed E-state index contributed by atoms with van der Waals surface area (Å²) in [7, 11) is 0. The zero-order valence-electron chi connectivity index (χ0n) is 14.3. The summed E-state index contributed by atoms with van der Waals surface area (Å²) < 4.78 is 5.81. The van der Waals surface area contributed by atoms with Crippen LogP contribution in [0.1, 0.15) is 49.0 Å². The minimum Gasteiger partial charge on any atom is -0.488 e. The molecule has 0 fully saturated rings.